The Bertz CT molecular complexity index is 800. The van der Waals surface area contributed by atoms with Crippen LogP contribution in [0.25, 0.3) is 0 Å². The Kier molecular flexibility index (Phi) is 5.12. The highest BCUT2D eigenvalue weighted by Crippen LogP contribution is 2.25. The molecule has 0 bridgehead atoms. The van der Waals surface area contributed by atoms with E-state index in [0.717, 1.165) is 17.1 Å². The van der Waals surface area contributed by atoms with Gasteiger partial charge in [0.25, 0.3) is 0 Å². The molecule has 0 aliphatic carbocycles. The van der Waals surface area contributed by atoms with Crippen LogP contribution in [0.3, 0.4) is 0 Å². The van der Waals surface area contributed by atoms with Crippen LogP contribution in [-0.2, 0) is 0 Å². The predicted molar refractivity (Wildman–Crippen MR) is 105 cm³/mol. The Hall–Kier alpha value is -2.16. The molecule has 0 fully saturated rings. The lowest BCUT2D eigenvalue weighted by Gasteiger charge is -2.09. The molecule has 0 N–H and O–H groups in total. The fourth-order valence-electron chi connectivity index (χ4n) is 3.08. The third kappa shape index (κ3) is 3.35. The quantitative estimate of drug-likeness (QED) is 0.652. The summed E-state index contributed by atoms with van der Waals surface area (Å²) < 4.78 is 2.04. The molecule has 1 aromatic heterocycles. The van der Waals surface area contributed by atoms with E-state index in [1.807, 2.05) is 18.5 Å². The van der Waals surface area contributed by atoms with Crippen molar-refractivity contribution in [3.05, 3.63) is 51.3 Å². The van der Waals surface area contributed by atoms with Gasteiger partial charge in [-0.15, -0.1) is 0 Å². The van der Waals surface area contributed by atoms with Crippen LogP contribution < -0.4 is 0 Å². The van der Waals surface area contributed by atoms with Gasteiger partial charge in [-0.2, -0.15) is 5.10 Å². The second kappa shape index (κ2) is 6.76. The topological polar surface area (TPSA) is 29.6 Å². The molecule has 2 aromatic rings. The van der Waals surface area contributed by atoms with Gasteiger partial charge in [0.05, 0.1) is 17.1 Å². The van der Waals surface area contributed by atoms with Crippen molar-refractivity contribution in [2.75, 3.05) is 0 Å². The number of aliphatic imine (C=N–C) groups is 1. The Morgan fingerprint density at radius 1 is 0.750 bits per heavy atom. The van der Waals surface area contributed by atoms with Crippen LogP contribution >= 0.6 is 0 Å². The van der Waals surface area contributed by atoms with Crippen molar-refractivity contribution >= 4 is 17.1 Å². The van der Waals surface area contributed by atoms with Crippen LogP contribution in [0, 0.1) is 48.5 Å². The Morgan fingerprint density at radius 2 is 1.21 bits per heavy atom. The summed E-state index contributed by atoms with van der Waals surface area (Å²) in [5, 5.41) is 4.82. The van der Waals surface area contributed by atoms with E-state index in [-0.39, 0.29) is 0 Å². The third-order valence-electron chi connectivity index (χ3n) is 4.97. The number of benzene rings is 1. The van der Waals surface area contributed by atoms with Crippen molar-refractivity contribution in [1.82, 2.24) is 4.68 Å². The summed E-state index contributed by atoms with van der Waals surface area (Å²) in [6.07, 6.45) is 0. The summed E-state index contributed by atoms with van der Waals surface area (Å²) in [5.74, 6) is 0. The fraction of sp³-hybridized carbons (Fsp3) is 0.429. The zero-order chi connectivity index (χ0) is 18.2. The predicted octanol–water partition coefficient (Wildman–Crippen LogP) is 5.66. The molecular weight excluding hydrogens is 294 g/mol. The number of rotatable bonds is 3. The summed E-state index contributed by atoms with van der Waals surface area (Å²) in [4.78, 5) is 4.86. The van der Waals surface area contributed by atoms with Crippen LogP contribution in [0.1, 0.15) is 53.1 Å². The minimum atomic E-state index is 0.940. The number of hydrogen-bond acceptors (Lipinski definition) is 2. The van der Waals surface area contributed by atoms with Gasteiger partial charge in [0, 0.05) is 11.4 Å². The van der Waals surface area contributed by atoms with Gasteiger partial charge in [0.2, 0.25) is 0 Å². The maximum atomic E-state index is 4.86. The average molecular weight is 323 g/mol. The van der Waals surface area contributed by atoms with Crippen molar-refractivity contribution in [3.63, 3.8) is 0 Å². The molecule has 0 amide bonds. The van der Waals surface area contributed by atoms with E-state index in [4.69, 9.17) is 10.1 Å². The van der Waals surface area contributed by atoms with Gasteiger partial charge in [-0.05, 0) is 84.6 Å². The van der Waals surface area contributed by atoms with Crippen LogP contribution in [0.4, 0.5) is 5.69 Å². The summed E-state index contributed by atoms with van der Waals surface area (Å²) in [7, 11) is 0. The van der Waals surface area contributed by atoms with E-state index in [2.05, 4.69) is 60.6 Å². The largest absolute Gasteiger partial charge is 0.251 e. The van der Waals surface area contributed by atoms with Crippen molar-refractivity contribution < 1.29 is 0 Å². The van der Waals surface area contributed by atoms with E-state index in [9.17, 15) is 0 Å². The Balaban J connectivity index is 2.47. The molecule has 0 aliphatic heterocycles. The van der Waals surface area contributed by atoms with Gasteiger partial charge in [0.15, 0.2) is 0 Å². The lowest BCUT2D eigenvalue weighted by molar-refractivity contribution is 0.809. The van der Waals surface area contributed by atoms with Gasteiger partial charge >= 0.3 is 0 Å². The number of aryl methyl sites for hydroxylation is 3. The molecule has 0 spiro atoms. The maximum Gasteiger partial charge on any atom is 0.0794 e. The van der Waals surface area contributed by atoms with Gasteiger partial charge in [0.1, 0.15) is 0 Å². The Labute approximate surface area is 146 Å². The molecular formula is C21H29N3. The number of nitrogens with zero attached hydrogens (tertiary/aromatic N) is 3. The highest BCUT2D eigenvalue weighted by molar-refractivity contribution is 6.41. The van der Waals surface area contributed by atoms with Crippen molar-refractivity contribution in [3.8, 4) is 0 Å². The molecule has 128 valence electrons. The van der Waals surface area contributed by atoms with Crippen LogP contribution in [0.15, 0.2) is 22.2 Å². The zero-order valence-electron chi connectivity index (χ0n) is 16.5. The summed E-state index contributed by atoms with van der Waals surface area (Å²) >= 11 is 0. The van der Waals surface area contributed by atoms with E-state index in [1.165, 1.54) is 39.2 Å². The fourth-order valence-corrected chi connectivity index (χ4v) is 3.08. The smallest absolute Gasteiger partial charge is 0.0794 e. The molecule has 1 aromatic carbocycles. The first kappa shape index (κ1) is 18.2. The standard InChI is InChI=1S/C21H29N3/c1-12-10-13(2)21(14(3)11-12)22-17(6)18(7)23-24-19(8)15(4)16(5)20(24)9/h10-11H,1-9H3/b22-17?,23-18+. The molecule has 2 rings (SSSR count). The first-order chi connectivity index (χ1) is 11.1. The van der Waals surface area contributed by atoms with Gasteiger partial charge in [-0.25, -0.2) is 4.68 Å². The van der Waals surface area contributed by atoms with Crippen molar-refractivity contribution in [2.45, 2.75) is 62.3 Å². The van der Waals surface area contributed by atoms with Gasteiger partial charge in [-0.3, -0.25) is 4.99 Å². The molecule has 0 atom stereocenters. The summed E-state index contributed by atoms with van der Waals surface area (Å²) in [6.45, 7) is 19.0. The van der Waals surface area contributed by atoms with E-state index in [0.29, 0.717) is 0 Å². The lowest BCUT2D eigenvalue weighted by atomic mass is 10.1. The summed E-state index contributed by atoms with van der Waals surface area (Å²) in [6, 6.07) is 4.36. The van der Waals surface area contributed by atoms with Crippen LogP contribution in [0.5, 0.6) is 0 Å². The molecule has 0 saturated carbocycles. The highest BCUT2D eigenvalue weighted by Gasteiger charge is 2.11. The first-order valence-electron chi connectivity index (χ1n) is 8.47. The van der Waals surface area contributed by atoms with Gasteiger partial charge < -0.3 is 0 Å². The van der Waals surface area contributed by atoms with E-state index < -0.39 is 0 Å². The van der Waals surface area contributed by atoms with E-state index in [1.54, 1.807) is 0 Å². The monoisotopic (exact) mass is 323 g/mol. The number of hydrogen-bond donors (Lipinski definition) is 0. The molecule has 3 heteroatoms. The average Bonchev–Trinajstić information content (AvgIpc) is 2.68. The zero-order valence-corrected chi connectivity index (χ0v) is 16.5. The molecule has 3 nitrogen and oxygen atoms in total. The third-order valence-corrected chi connectivity index (χ3v) is 4.97. The molecule has 1 heterocycles. The molecule has 0 unspecified atom stereocenters. The summed E-state index contributed by atoms with van der Waals surface area (Å²) in [5.41, 5.74) is 11.6. The van der Waals surface area contributed by atoms with Crippen molar-refractivity contribution in [1.29, 1.82) is 0 Å². The van der Waals surface area contributed by atoms with Crippen LogP contribution in [-0.4, -0.2) is 16.1 Å². The van der Waals surface area contributed by atoms with Crippen molar-refractivity contribution in [2.24, 2.45) is 10.1 Å². The van der Waals surface area contributed by atoms with Crippen LogP contribution in [0.2, 0.25) is 0 Å². The number of aromatic nitrogens is 1. The lowest BCUT2D eigenvalue weighted by Crippen LogP contribution is -2.09. The second-order valence-electron chi connectivity index (χ2n) is 6.86. The minimum Gasteiger partial charge on any atom is -0.251 e. The maximum absolute atomic E-state index is 4.86. The minimum absolute atomic E-state index is 0.940. The normalized spacial score (nSPS) is 12.9. The first-order valence-corrected chi connectivity index (χ1v) is 8.47. The van der Waals surface area contributed by atoms with E-state index >= 15 is 0 Å². The Morgan fingerprint density at radius 3 is 1.67 bits per heavy atom. The SMILES string of the molecule is CC(=Nc1c(C)cc(C)cc1C)/C(C)=N/n1c(C)c(C)c(C)c1C. The molecule has 0 radical (unpaired) electrons. The molecule has 24 heavy (non-hydrogen) atoms. The van der Waals surface area contributed by atoms with Gasteiger partial charge in [-0.1, -0.05) is 17.7 Å². The highest BCUT2D eigenvalue weighted by atomic mass is 15.4. The molecule has 0 saturated heterocycles. The molecule has 0 aliphatic rings. The second-order valence-corrected chi connectivity index (χ2v) is 6.86.